The molecule has 0 radical (unpaired) electrons. The van der Waals surface area contributed by atoms with Gasteiger partial charge in [-0.1, -0.05) is 0 Å². The van der Waals surface area contributed by atoms with E-state index >= 15 is 0 Å². The van der Waals surface area contributed by atoms with Crippen LogP contribution in [0.1, 0.15) is 20.8 Å². The summed E-state index contributed by atoms with van der Waals surface area (Å²) in [6.07, 6.45) is 1.62. The fourth-order valence-corrected chi connectivity index (χ4v) is 1.13. The van der Waals surface area contributed by atoms with Crippen LogP contribution in [0.4, 0.5) is 0 Å². The van der Waals surface area contributed by atoms with Gasteiger partial charge in [-0.2, -0.15) is 0 Å². The highest BCUT2D eigenvalue weighted by Crippen LogP contribution is 1.96. The van der Waals surface area contributed by atoms with E-state index in [1.807, 2.05) is 20.8 Å². The molecule has 14 heavy (non-hydrogen) atoms. The number of nitrogens with one attached hydrogen (secondary N) is 2. The van der Waals surface area contributed by atoms with E-state index in [9.17, 15) is 9.00 Å². The van der Waals surface area contributed by atoms with Crippen molar-refractivity contribution in [2.45, 2.75) is 26.3 Å². The van der Waals surface area contributed by atoms with Crippen LogP contribution in [-0.4, -0.2) is 40.8 Å². The Morgan fingerprint density at radius 2 is 1.93 bits per heavy atom. The van der Waals surface area contributed by atoms with Gasteiger partial charge in [-0.15, -0.1) is 0 Å². The number of amides is 1. The largest absolute Gasteiger partial charge is 0.354 e. The fraction of sp³-hybridized carbons (Fsp3) is 0.889. The highest BCUT2D eigenvalue weighted by atomic mass is 32.2. The molecule has 2 N–H and O–H groups in total. The van der Waals surface area contributed by atoms with E-state index in [1.54, 1.807) is 6.26 Å². The van der Waals surface area contributed by atoms with Gasteiger partial charge in [0.25, 0.3) is 0 Å². The molecular formula is C9H20N2O2S. The van der Waals surface area contributed by atoms with E-state index in [-0.39, 0.29) is 11.4 Å². The first kappa shape index (κ1) is 13.6. The second kappa shape index (κ2) is 6.14. The molecule has 0 aliphatic carbocycles. The van der Waals surface area contributed by atoms with Crippen LogP contribution in [0.3, 0.4) is 0 Å². The molecule has 0 fully saturated rings. The number of hydrogen-bond donors (Lipinski definition) is 2. The van der Waals surface area contributed by atoms with Gasteiger partial charge in [0.05, 0.1) is 6.54 Å². The van der Waals surface area contributed by atoms with E-state index in [2.05, 4.69) is 10.6 Å². The monoisotopic (exact) mass is 220 g/mol. The Hall–Kier alpha value is -0.420. The van der Waals surface area contributed by atoms with Crippen molar-refractivity contribution >= 4 is 16.7 Å². The summed E-state index contributed by atoms with van der Waals surface area (Å²) in [5.41, 5.74) is -0.0507. The zero-order chi connectivity index (χ0) is 11.2. The van der Waals surface area contributed by atoms with Crippen LogP contribution >= 0.6 is 0 Å². The van der Waals surface area contributed by atoms with E-state index in [0.717, 1.165) is 0 Å². The fourth-order valence-electron chi connectivity index (χ4n) is 0.742. The summed E-state index contributed by atoms with van der Waals surface area (Å²) in [6, 6.07) is 0. The lowest BCUT2D eigenvalue weighted by Crippen LogP contribution is -2.43. The Morgan fingerprint density at radius 1 is 1.36 bits per heavy atom. The smallest absolute Gasteiger partial charge is 0.234 e. The number of rotatable bonds is 5. The van der Waals surface area contributed by atoms with Gasteiger partial charge in [-0.25, -0.2) is 0 Å². The molecule has 0 heterocycles. The molecule has 0 aromatic carbocycles. The van der Waals surface area contributed by atoms with Gasteiger partial charge in [0.15, 0.2) is 0 Å². The molecule has 0 aromatic heterocycles. The molecule has 1 unspecified atom stereocenters. The van der Waals surface area contributed by atoms with Crippen molar-refractivity contribution in [2.75, 3.05) is 25.1 Å². The second-order valence-electron chi connectivity index (χ2n) is 4.23. The van der Waals surface area contributed by atoms with Crippen LogP contribution in [-0.2, 0) is 15.6 Å². The molecule has 1 atom stereocenters. The summed E-state index contributed by atoms with van der Waals surface area (Å²) in [5, 5.41) is 5.76. The predicted octanol–water partition coefficient (Wildman–Crippen LogP) is -0.131. The molecule has 0 saturated heterocycles. The molecule has 0 aromatic rings. The minimum absolute atomic E-state index is 0.0506. The summed E-state index contributed by atoms with van der Waals surface area (Å²) in [4.78, 5) is 11.2. The second-order valence-corrected chi connectivity index (χ2v) is 5.79. The molecule has 0 aliphatic heterocycles. The van der Waals surface area contributed by atoms with Gasteiger partial charge < -0.3 is 10.6 Å². The first-order valence-electron chi connectivity index (χ1n) is 4.63. The van der Waals surface area contributed by atoms with Crippen molar-refractivity contribution in [1.29, 1.82) is 0 Å². The van der Waals surface area contributed by atoms with Crippen LogP contribution in [0.15, 0.2) is 0 Å². The van der Waals surface area contributed by atoms with Crippen LogP contribution < -0.4 is 10.6 Å². The molecule has 0 spiro atoms. The lowest BCUT2D eigenvalue weighted by Gasteiger charge is -2.19. The summed E-state index contributed by atoms with van der Waals surface area (Å²) in [6.45, 7) is 6.79. The minimum atomic E-state index is -0.838. The molecular weight excluding hydrogens is 200 g/mol. The minimum Gasteiger partial charge on any atom is -0.354 e. The standard InChI is InChI=1S/C9H20N2O2S/c1-9(2,3)11-7-8(12)10-5-6-14(4)13/h11H,5-7H2,1-4H3,(H,10,12). The summed E-state index contributed by atoms with van der Waals surface area (Å²) in [5.74, 6) is 0.465. The van der Waals surface area contributed by atoms with E-state index in [1.165, 1.54) is 0 Å². The van der Waals surface area contributed by atoms with Gasteiger partial charge in [0.2, 0.25) is 5.91 Å². The van der Waals surface area contributed by atoms with E-state index in [4.69, 9.17) is 0 Å². The summed E-state index contributed by atoms with van der Waals surface area (Å²) < 4.78 is 10.7. The average molecular weight is 220 g/mol. The van der Waals surface area contributed by atoms with Crippen LogP contribution in [0.2, 0.25) is 0 Å². The summed E-state index contributed by atoms with van der Waals surface area (Å²) >= 11 is 0. The number of hydrogen-bond acceptors (Lipinski definition) is 3. The number of carbonyl (C=O) groups excluding carboxylic acids is 1. The highest BCUT2D eigenvalue weighted by Gasteiger charge is 2.10. The third-order valence-corrected chi connectivity index (χ3v) is 2.27. The van der Waals surface area contributed by atoms with Crippen molar-refractivity contribution in [3.63, 3.8) is 0 Å². The zero-order valence-electron chi connectivity index (χ0n) is 9.35. The Labute approximate surface area is 88.3 Å². The topological polar surface area (TPSA) is 58.2 Å². The van der Waals surface area contributed by atoms with Gasteiger partial charge in [0, 0.05) is 34.9 Å². The lowest BCUT2D eigenvalue weighted by molar-refractivity contribution is -0.120. The van der Waals surface area contributed by atoms with E-state index < -0.39 is 10.8 Å². The molecule has 0 bridgehead atoms. The molecule has 5 heteroatoms. The van der Waals surface area contributed by atoms with Gasteiger partial charge in [0.1, 0.15) is 0 Å². The third kappa shape index (κ3) is 9.67. The van der Waals surface area contributed by atoms with Crippen molar-refractivity contribution in [3.05, 3.63) is 0 Å². The normalized spacial score (nSPS) is 13.7. The Kier molecular flexibility index (Phi) is 5.95. The predicted molar refractivity (Wildman–Crippen MR) is 59.7 cm³/mol. The number of carbonyl (C=O) groups is 1. The first-order chi connectivity index (χ1) is 6.31. The lowest BCUT2D eigenvalue weighted by atomic mass is 10.1. The Morgan fingerprint density at radius 3 is 2.36 bits per heavy atom. The molecule has 0 rings (SSSR count). The molecule has 0 saturated carbocycles. The molecule has 0 aliphatic rings. The highest BCUT2D eigenvalue weighted by molar-refractivity contribution is 7.84. The van der Waals surface area contributed by atoms with Gasteiger partial charge in [-0.05, 0) is 20.8 Å². The molecule has 1 amide bonds. The van der Waals surface area contributed by atoms with Crippen molar-refractivity contribution < 1.29 is 9.00 Å². The van der Waals surface area contributed by atoms with Crippen molar-refractivity contribution in [2.24, 2.45) is 0 Å². The van der Waals surface area contributed by atoms with Gasteiger partial charge >= 0.3 is 0 Å². The quantitative estimate of drug-likeness (QED) is 0.678. The maximum atomic E-state index is 11.2. The first-order valence-corrected chi connectivity index (χ1v) is 6.36. The van der Waals surface area contributed by atoms with Crippen LogP contribution in [0.5, 0.6) is 0 Å². The van der Waals surface area contributed by atoms with E-state index in [0.29, 0.717) is 18.8 Å². The van der Waals surface area contributed by atoms with Crippen LogP contribution in [0.25, 0.3) is 0 Å². The maximum Gasteiger partial charge on any atom is 0.234 e. The Balaban J connectivity index is 3.52. The van der Waals surface area contributed by atoms with Crippen LogP contribution in [0, 0.1) is 0 Å². The van der Waals surface area contributed by atoms with Gasteiger partial charge in [-0.3, -0.25) is 9.00 Å². The maximum absolute atomic E-state index is 11.2. The summed E-state index contributed by atoms with van der Waals surface area (Å²) in [7, 11) is -0.838. The van der Waals surface area contributed by atoms with Crippen molar-refractivity contribution in [3.8, 4) is 0 Å². The van der Waals surface area contributed by atoms with Crippen molar-refractivity contribution in [1.82, 2.24) is 10.6 Å². The average Bonchev–Trinajstić information content (AvgIpc) is 1.99. The zero-order valence-corrected chi connectivity index (χ0v) is 10.2. The molecule has 4 nitrogen and oxygen atoms in total. The third-order valence-electron chi connectivity index (χ3n) is 1.49. The Bertz CT molecular complexity index is 211. The molecule has 84 valence electrons. The SMILES string of the molecule is CS(=O)CCNC(=O)CNC(C)(C)C.